The number of thioether (sulfide) groups is 1. The lowest BCUT2D eigenvalue weighted by molar-refractivity contribution is -0.143. The first-order chi connectivity index (χ1) is 14.7. The molecule has 1 N–H and O–H groups in total. The Kier molecular flexibility index (Phi) is 6.71. The first-order valence-electron chi connectivity index (χ1n) is 10.2. The highest BCUT2D eigenvalue weighted by molar-refractivity contribution is 7.98. The monoisotopic (exact) mass is 429 g/mol. The van der Waals surface area contributed by atoms with Gasteiger partial charge in [0.05, 0.1) is 20.3 Å². The minimum Gasteiger partial charge on any atom is -0.497 e. The molecule has 1 fully saturated rings. The van der Waals surface area contributed by atoms with Gasteiger partial charge in [-0.15, -0.1) is 0 Å². The zero-order valence-corrected chi connectivity index (χ0v) is 18.4. The molecule has 1 aliphatic rings. The van der Waals surface area contributed by atoms with Crippen LogP contribution in [0.3, 0.4) is 0 Å². The summed E-state index contributed by atoms with van der Waals surface area (Å²) in [4.78, 5) is 19.8. The summed E-state index contributed by atoms with van der Waals surface area (Å²) in [6.07, 6.45) is 0.562. The van der Waals surface area contributed by atoms with E-state index in [-0.39, 0.29) is 6.29 Å². The highest BCUT2D eigenvalue weighted by Crippen LogP contribution is 2.29. The maximum atomic E-state index is 5.71. The number of ether oxygens (including phenoxy) is 3. The molecule has 3 aromatic rings. The largest absolute Gasteiger partial charge is 0.497 e. The number of morpholine rings is 1. The van der Waals surface area contributed by atoms with Crippen LogP contribution in [-0.2, 0) is 21.6 Å². The van der Waals surface area contributed by atoms with Crippen molar-refractivity contribution in [3.05, 3.63) is 35.7 Å². The van der Waals surface area contributed by atoms with Gasteiger partial charge in [0.15, 0.2) is 22.9 Å². The average molecular weight is 430 g/mol. The topological polar surface area (TPSA) is 85.4 Å². The van der Waals surface area contributed by atoms with Gasteiger partial charge in [0.1, 0.15) is 17.1 Å². The fourth-order valence-corrected chi connectivity index (χ4v) is 4.13. The molecule has 4 rings (SSSR count). The minimum atomic E-state index is -0.252. The van der Waals surface area contributed by atoms with Crippen LogP contribution >= 0.6 is 11.8 Å². The molecule has 0 spiro atoms. The fraction of sp³-hybridized carbons (Fsp3) is 0.476. The molecule has 0 radical (unpaired) electrons. The van der Waals surface area contributed by atoms with Crippen molar-refractivity contribution in [3.8, 4) is 5.75 Å². The molecule has 1 aliphatic heterocycles. The molecule has 0 amide bonds. The van der Waals surface area contributed by atoms with Crippen molar-refractivity contribution in [2.24, 2.45) is 0 Å². The van der Waals surface area contributed by atoms with Gasteiger partial charge in [-0.3, -0.25) is 0 Å². The predicted octanol–water partition coefficient (Wildman–Crippen LogP) is 3.42. The van der Waals surface area contributed by atoms with Crippen LogP contribution in [-0.4, -0.2) is 59.6 Å². The van der Waals surface area contributed by atoms with Gasteiger partial charge < -0.3 is 24.1 Å². The van der Waals surface area contributed by atoms with Crippen LogP contribution in [0.2, 0.25) is 0 Å². The van der Waals surface area contributed by atoms with Gasteiger partial charge in [-0.2, -0.15) is 0 Å². The first-order valence-corrected chi connectivity index (χ1v) is 11.2. The van der Waals surface area contributed by atoms with Crippen molar-refractivity contribution in [1.82, 2.24) is 19.9 Å². The van der Waals surface area contributed by atoms with Crippen molar-refractivity contribution in [2.75, 3.05) is 38.3 Å². The Labute approximate surface area is 180 Å². The van der Waals surface area contributed by atoms with Crippen molar-refractivity contribution < 1.29 is 14.2 Å². The molecule has 0 saturated carbocycles. The zero-order valence-electron chi connectivity index (χ0n) is 17.6. The summed E-state index contributed by atoms with van der Waals surface area (Å²) in [7, 11) is 1.67. The van der Waals surface area contributed by atoms with Crippen molar-refractivity contribution >= 4 is 28.7 Å². The quantitative estimate of drug-likeness (QED) is 0.431. The number of hydrogen-bond acceptors (Lipinski definition) is 8. The van der Waals surface area contributed by atoms with Crippen molar-refractivity contribution in [2.45, 2.75) is 37.5 Å². The van der Waals surface area contributed by atoms with E-state index in [2.05, 4.69) is 33.9 Å². The van der Waals surface area contributed by atoms with Crippen LogP contribution < -0.4 is 9.64 Å². The Balaban J connectivity index is 1.60. The summed E-state index contributed by atoms with van der Waals surface area (Å²) in [5.74, 6) is 3.39. The predicted molar refractivity (Wildman–Crippen MR) is 117 cm³/mol. The first kappa shape index (κ1) is 20.9. The summed E-state index contributed by atoms with van der Waals surface area (Å²) < 4.78 is 16.6. The number of aryl methyl sites for hydroxylation is 1. The van der Waals surface area contributed by atoms with E-state index in [1.807, 2.05) is 19.1 Å². The molecule has 1 saturated heterocycles. The third-order valence-corrected chi connectivity index (χ3v) is 5.83. The molecule has 1 aromatic carbocycles. The van der Waals surface area contributed by atoms with Gasteiger partial charge in [-0.1, -0.05) is 30.8 Å². The molecule has 160 valence electrons. The fourth-order valence-electron chi connectivity index (χ4n) is 3.34. The second kappa shape index (κ2) is 9.63. The molecule has 1 atom stereocenters. The lowest BCUT2D eigenvalue weighted by atomic mass is 10.2. The van der Waals surface area contributed by atoms with Crippen LogP contribution in [0, 0.1) is 0 Å². The van der Waals surface area contributed by atoms with E-state index in [1.165, 1.54) is 5.56 Å². The molecule has 0 bridgehead atoms. The van der Waals surface area contributed by atoms with E-state index >= 15 is 0 Å². The highest BCUT2D eigenvalue weighted by atomic mass is 32.2. The maximum Gasteiger partial charge on any atom is 0.192 e. The van der Waals surface area contributed by atoms with E-state index in [1.54, 1.807) is 18.9 Å². The molecule has 8 nitrogen and oxygen atoms in total. The highest BCUT2D eigenvalue weighted by Gasteiger charge is 2.25. The number of anilines is 1. The number of aromatic amines is 1. The third-order valence-electron chi connectivity index (χ3n) is 4.91. The minimum absolute atomic E-state index is 0.252. The molecule has 3 heterocycles. The Morgan fingerprint density at radius 2 is 2.03 bits per heavy atom. The van der Waals surface area contributed by atoms with Crippen molar-refractivity contribution in [1.29, 1.82) is 0 Å². The van der Waals surface area contributed by atoms with E-state index in [0.29, 0.717) is 30.6 Å². The number of H-pyrrole nitrogens is 1. The van der Waals surface area contributed by atoms with Gasteiger partial charge in [-0.25, -0.2) is 15.0 Å². The normalized spacial score (nSPS) is 16.9. The Hall–Kier alpha value is -2.36. The number of nitrogens with zero attached hydrogens (tertiary/aromatic N) is 4. The van der Waals surface area contributed by atoms with Crippen LogP contribution in [0.15, 0.2) is 29.4 Å². The summed E-state index contributed by atoms with van der Waals surface area (Å²) in [6.45, 7) is 6.64. The lowest BCUT2D eigenvalue weighted by Crippen LogP contribution is -2.44. The molecular formula is C21H27N5O3S. The van der Waals surface area contributed by atoms with E-state index in [9.17, 15) is 0 Å². The molecule has 9 heteroatoms. The maximum absolute atomic E-state index is 5.71. The second-order valence-corrected chi connectivity index (χ2v) is 7.85. The zero-order chi connectivity index (χ0) is 20.9. The van der Waals surface area contributed by atoms with Gasteiger partial charge >= 0.3 is 0 Å². The summed E-state index contributed by atoms with van der Waals surface area (Å²) in [5.41, 5.74) is 2.76. The third kappa shape index (κ3) is 4.69. The Morgan fingerprint density at radius 3 is 2.77 bits per heavy atom. The number of imidazole rings is 1. The molecule has 30 heavy (non-hydrogen) atoms. The summed E-state index contributed by atoms with van der Waals surface area (Å²) in [6, 6.07) is 8.05. The number of methoxy groups -OCH3 is 1. The van der Waals surface area contributed by atoms with Crippen molar-refractivity contribution in [3.63, 3.8) is 0 Å². The number of aromatic nitrogens is 4. The molecule has 0 aliphatic carbocycles. The number of hydrogen-bond donors (Lipinski definition) is 1. The van der Waals surface area contributed by atoms with Crippen LogP contribution in [0.4, 0.5) is 5.82 Å². The van der Waals surface area contributed by atoms with Gasteiger partial charge in [0.2, 0.25) is 0 Å². The average Bonchev–Trinajstić information content (AvgIpc) is 3.21. The van der Waals surface area contributed by atoms with E-state index < -0.39 is 0 Å². The number of benzene rings is 1. The number of fused-ring (bicyclic) bond motifs is 1. The SMILES string of the molecule is CCOC1CN(c2nc(SCc3ccc(OC)cc3)nc3nc(CC)[nH]c23)CCO1. The smallest absolute Gasteiger partial charge is 0.192 e. The molecular weight excluding hydrogens is 402 g/mol. The lowest BCUT2D eigenvalue weighted by Gasteiger charge is -2.33. The number of nitrogens with one attached hydrogen (secondary N) is 1. The van der Waals surface area contributed by atoms with E-state index in [0.717, 1.165) is 41.6 Å². The van der Waals surface area contributed by atoms with Crippen LogP contribution in [0.1, 0.15) is 25.2 Å². The molecule has 1 unspecified atom stereocenters. The second-order valence-electron chi connectivity index (χ2n) is 6.90. The number of rotatable bonds is 8. The van der Waals surface area contributed by atoms with Gasteiger partial charge in [0.25, 0.3) is 0 Å². The van der Waals surface area contributed by atoms with Gasteiger partial charge in [-0.05, 0) is 24.6 Å². The Morgan fingerprint density at radius 1 is 1.20 bits per heavy atom. The van der Waals surface area contributed by atoms with E-state index in [4.69, 9.17) is 24.2 Å². The van der Waals surface area contributed by atoms with Gasteiger partial charge in [0, 0.05) is 25.3 Å². The van der Waals surface area contributed by atoms with Crippen LogP contribution in [0.25, 0.3) is 11.2 Å². The van der Waals surface area contributed by atoms with Crippen LogP contribution in [0.5, 0.6) is 5.75 Å². The molecule has 2 aromatic heterocycles. The summed E-state index contributed by atoms with van der Waals surface area (Å²) >= 11 is 1.60. The Bertz CT molecular complexity index is 977. The summed E-state index contributed by atoms with van der Waals surface area (Å²) in [5, 5.41) is 0.710. The standard InChI is InChI=1S/C21H27N5O3S/c1-4-16-22-18-19(23-16)24-21(30-13-14-6-8-15(27-3)9-7-14)25-20(18)26-10-11-29-17(12-26)28-5-2/h6-9,17H,4-5,10-13H2,1-3H3,(H,22,23,24,25).